The van der Waals surface area contributed by atoms with Gasteiger partial charge in [0.1, 0.15) is 10.7 Å². The molecule has 0 spiro atoms. The first-order valence-electron chi connectivity index (χ1n) is 16.3. The van der Waals surface area contributed by atoms with Crippen LogP contribution in [0.4, 0.5) is 10.7 Å². The summed E-state index contributed by atoms with van der Waals surface area (Å²) in [4.78, 5) is 55.1. The SMILES string of the molecule is CCC(Sc1cccc(NC(=O)/C(=C\c2cccc(Cl)c2Cl)NC(=O)c2ccccc2)c1)C(=O)Nc1sc2c(c1C(=O)OC)CCCCCC2. The van der Waals surface area contributed by atoms with E-state index >= 15 is 0 Å². The normalized spacial score (nSPS) is 13.6. The van der Waals surface area contributed by atoms with Crippen molar-refractivity contribution >= 4 is 86.8 Å². The van der Waals surface area contributed by atoms with Crippen LogP contribution in [0.25, 0.3) is 6.08 Å². The summed E-state index contributed by atoms with van der Waals surface area (Å²) < 4.78 is 5.12. The summed E-state index contributed by atoms with van der Waals surface area (Å²) in [5.74, 6) is -1.72. The fourth-order valence-electron chi connectivity index (χ4n) is 5.58. The molecule has 4 aromatic rings. The minimum absolute atomic E-state index is 0.0432. The molecular formula is C38H37Cl2N3O5S2. The van der Waals surface area contributed by atoms with Gasteiger partial charge in [0.05, 0.1) is 28.0 Å². The maximum Gasteiger partial charge on any atom is 0.341 e. The van der Waals surface area contributed by atoms with Gasteiger partial charge >= 0.3 is 5.97 Å². The lowest BCUT2D eigenvalue weighted by molar-refractivity contribution is -0.116. The second-order valence-electron chi connectivity index (χ2n) is 11.6. The van der Waals surface area contributed by atoms with Crippen molar-refractivity contribution in [3.05, 3.63) is 116 Å². The largest absolute Gasteiger partial charge is 0.465 e. The Morgan fingerprint density at radius 1 is 0.920 bits per heavy atom. The van der Waals surface area contributed by atoms with Crippen LogP contribution in [-0.4, -0.2) is 36.1 Å². The number of esters is 1. The molecule has 0 aliphatic heterocycles. The molecule has 0 radical (unpaired) electrons. The maximum atomic E-state index is 13.6. The molecule has 50 heavy (non-hydrogen) atoms. The van der Waals surface area contributed by atoms with Crippen LogP contribution in [-0.2, 0) is 27.2 Å². The molecule has 3 aromatic carbocycles. The van der Waals surface area contributed by atoms with Crippen molar-refractivity contribution in [1.82, 2.24) is 5.32 Å². The lowest BCUT2D eigenvalue weighted by Gasteiger charge is -2.16. The summed E-state index contributed by atoms with van der Waals surface area (Å²) in [6.45, 7) is 1.92. The minimum atomic E-state index is -0.583. The number of nitrogens with one attached hydrogen (secondary N) is 3. The van der Waals surface area contributed by atoms with Crippen molar-refractivity contribution in [1.29, 1.82) is 0 Å². The highest BCUT2D eigenvalue weighted by Crippen LogP contribution is 2.38. The van der Waals surface area contributed by atoms with Gasteiger partial charge in [-0.15, -0.1) is 23.1 Å². The molecule has 3 N–H and O–H groups in total. The quantitative estimate of drug-likeness (QED) is 0.0800. The first kappa shape index (κ1) is 37.2. The van der Waals surface area contributed by atoms with Crippen molar-refractivity contribution < 1.29 is 23.9 Å². The minimum Gasteiger partial charge on any atom is -0.465 e. The summed E-state index contributed by atoms with van der Waals surface area (Å²) in [5, 5.41) is 9.19. The van der Waals surface area contributed by atoms with Crippen LogP contribution in [0.5, 0.6) is 0 Å². The monoisotopic (exact) mass is 749 g/mol. The molecule has 12 heteroatoms. The smallest absolute Gasteiger partial charge is 0.341 e. The van der Waals surface area contributed by atoms with Gasteiger partial charge in [-0.25, -0.2) is 4.79 Å². The first-order chi connectivity index (χ1) is 24.2. The number of ether oxygens (including phenoxy) is 1. The molecule has 1 unspecified atom stereocenters. The van der Waals surface area contributed by atoms with Crippen LogP contribution in [0.15, 0.2) is 83.4 Å². The zero-order valence-electron chi connectivity index (χ0n) is 27.6. The van der Waals surface area contributed by atoms with E-state index in [1.54, 1.807) is 66.7 Å². The van der Waals surface area contributed by atoms with Gasteiger partial charge in [0.25, 0.3) is 11.8 Å². The zero-order valence-corrected chi connectivity index (χ0v) is 30.8. The number of anilines is 2. The molecule has 1 heterocycles. The van der Waals surface area contributed by atoms with E-state index in [9.17, 15) is 19.2 Å². The maximum absolute atomic E-state index is 13.6. The van der Waals surface area contributed by atoms with Crippen LogP contribution >= 0.6 is 46.3 Å². The van der Waals surface area contributed by atoms with Crippen molar-refractivity contribution in [2.75, 3.05) is 17.7 Å². The van der Waals surface area contributed by atoms with Crippen molar-refractivity contribution in [3.8, 4) is 0 Å². The van der Waals surface area contributed by atoms with Crippen molar-refractivity contribution in [2.45, 2.75) is 62.0 Å². The first-order valence-corrected chi connectivity index (χ1v) is 18.8. The lowest BCUT2D eigenvalue weighted by Crippen LogP contribution is -2.30. The number of carbonyl (C=O) groups excluding carboxylic acids is 4. The van der Waals surface area contributed by atoms with E-state index in [1.807, 2.05) is 13.0 Å². The number of aryl methyl sites for hydroxylation is 1. The molecule has 260 valence electrons. The van der Waals surface area contributed by atoms with Crippen LogP contribution in [0.1, 0.15) is 75.7 Å². The summed E-state index contributed by atoms with van der Waals surface area (Å²) >= 11 is 15.4. The van der Waals surface area contributed by atoms with E-state index in [0.29, 0.717) is 38.8 Å². The lowest BCUT2D eigenvalue weighted by atomic mass is 9.96. The number of benzene rings is 3. The fourth-order valence-corrected chi connectivity index (χ4v) is 8.24. The number of halogens is 2. The topological polar surface area (TPSA) is 114 Å². The highest BCUT2D eigenvalue weighted by atomic mass is 35.5. The van der Waals surface area contributed by atoms with Crippen LogP contribution in [0.3, 0.4) is 0 Å². The summed E-state index contributed by atoms with van der Waals surface area (Å²) in [6, 6.07) is 20.7. The number of hydrogen-bond acceptors (Lipinski definition) is 7. The van der Waals surface area contributed by atoms with Gasteiger partial charge in [-0.3, -0.25) is 14.4 Å². The van der Waals surface area contributed by atoms with Gasteiger partial charge < -0.3 is 20.7 Å². The highest BCUT2D eigenvalue weighted by Gasteiger charge is 2.28. The average Bonchev–Trinajstić information content (AvgIpc) is 3.43. The molecule has 1 aliphatic rings. The van der Waals surface area contributed by atoms with E-state index in [2.05, 4.69) is 16.0 Å². The average molecular weight is 751 g/mol. The van der Waals surface area contributed by atoms with Crippen LogP contribution in [0, 0.1) is 0 Å². The number of rotatable bonds is 11. The molecule has 0 saturated carbocycles. The Balaban J connectivity index is 1.33. The Bertz CT molecular complexity index is 1910. The number of hydrogen-bond donors (Lipinski definition) is 3. The van der Waals surface area contributed by atoms with Crippen LogP contribution < -0.4 is 16.0 Å². The summed E-state index contributed by atoms with van der Waals surface area (Å²) in [6.07, 6.45) is 7.95. The van der Waals surface area contributed by atoms with Crippen LogP contribution in [0.2, 0.25) is 10.0 Å². The molecule has 1 aliphatic carbocycles. The predicted octanol–water partition coefficient (Wildman–Crippen LogP) is 9.42. The third-order valence-corrected chi connectivity index (χ3v) is 11.5. The molecule has 0 fully saturated rings. The Morgan fingerprint density at radius 2 is 1.66 bits per heavy atom. The highest BCUT2D eigenvalue weighted by molar-refractivity contribution is 8.00. The second-order valence-corrected chi connectivity index (χ2v) is 14.8. The van der Waals surface area contributed by atoms with E-state index in [4.69, 9.17) is 27.9 Å². The molecule has 8 nitrogen and oxygen atoms in total. The molecule has 5 rings (SSSR count). The number of fused-ring (bicyclic) bond motifs is 1. The van der Waals surface area contributed by atoms with Crippen molar-refractivity contribution in [3.63, 3.8) is 0 Å². The van der Waals surface area contributed by atoms with E-state index < -0.39 is 23.0 Å². The molecule has 1 aromatic heterocycles. The van der Waals surface area contributed by atoms with Gasteiger partial charge in [-0.2, -0.15) is 0 Å². The Labute approximate surface area is 310 Å². The number of carbonyl (C=O) groups is 4. The van der Waals surface area contributed by atoms with Gasteiger partial charge in [0.2, 0.25) is 5.91 Å². The predicted molar refractivity (Wildman–Crippen MR) is 204 cm³/mol. The third kappa shape index (κ3) is 9.37. The fraction of sp³-hybridized carbons (Fsp3) is 0.263. The zero-order chi connectivity index (χ0) is 35.6. The number of thioether (sulfide) groups is 1. The molecule has 1 atom stereocenters. The van der Waals surface area contributed by atoms with Gasteiger partial charge in [-0.1, -0.05) is 79.4 Å². The van der Waals surface area contributed by atoms with E-state index in [1.165, 1.54) is 36.3 Å². The third-order valence-electron chi connectivity index (χ3n) is 8.14. The second kappa shape index (κ2) is 17.7. The van der Waals surface area contributed by atoms with Gasteiger partial charge in [-0.05, 0) is 85.7 Å². The molecule has 0 bridgehead atoms. The Kier molecular flexibility index (Phi) is 13.2. The van der Waals surface area contributed by atoms with Crippen molar-refractivity contribution in [2.24, 2.45) is 0 Å². The summed E-state index contributed by atoms with van der Waals surface area (Å²) in [7, 11) is 1.36. The molecular weight excluding hydrogens is 713 g/mol. The van der Waals surface area contributed by atoms with E-state index in [-0.39, 0.29) is 16.6 Å². The number of amides is 3. The van der Waals surface area contributed by atoms with E-state index in [0.717, 1.165) is 53.9 Å². The molecule has 0 saturated heterocycles. The molecule has 3 amide bonds. The Hall–Kier alpha value is -4.09. The number of methoxy groups -OCH3 is 1. The standard InChI is InChI=1S/C38H37Cl2N3O5S2/c1-3-30(36(46)43-37-32(38(47)48-2)27-18-9-4-5-10-20-31(27)50-37)49-26-17-12-16-25(22-26)41-35(45)29(21-24-15-11-19-28(39)33(24)40)42-34(44)23-13-7-6-8-14-23/h6-8,11-17,19,21-22,30H,3-5,9-10,18,20H2,1-2H3,(H,41,45)(H,42,44)(H,43,46)/b29-21+. The summed E-state index contributed by atoms with van der Waals surface area (Å²) in [5.41, 5.74) is 2.70. The number of thiophene rings is 1. The van der Waals surface area contributed by atoms with Gasteiger partial charge in [0, 0.05) is 21.0 Å². The Morgan fingerprint density at radius 3 is 2.40 bits per heavy atom. The van der Waals surface area contributed by atoms with Gasteiger partial charge in [0.15, 0.2) is 0 Å².